The minimum Gasteiger partial charge on any atom is -0.497 e. The van der Waals surface area contributed by atoms with Crippen LogP contribution in [0, 0.1) is 11.3 Å². The molecular formula is C17H20N2O3S. The molecule has 0 amide bonds. The second kappa shape index (κ2) is 8.49. The van der Waals surface area contributed by atoms with E-state index < -0.39 is 5.97 Å². The number of hydrogen-bond donors (Lipinski definition) is 2. The van der Waals surface area contributed by atoms with Gasteiger partial charge in [-0.25, -0.2) is 4.79 Å². The molecule has 0 spiro atoms. The van der Waals surface area contributed by atoms with Gasteiger partial charge in [-0.05, 0) is 49.9 Å². The van der Waals surface area contributed by atoms with Crippen LogP contribution in [0.2, 0.25) is 0 Å². The lowest BCUT2D eigenvalue weighted by Crippen LogP contribution is -2.22. The summed E-state index contributed by atoms with van der Waals surface area (Å²) in [5, 5.41) is 12.3. The van der Waals surface area contributed by atoms with Gasteiger partial charge >= 0.3 is 5.97 Å². The van der Waals surface area contributed by atoms with Crippen LogP contribution < -0.4 is 10.1 Å². The monoisotopic (exact) mass is 332 g/mol. The molecule has 0 bridgehead atoms. The van der Waals surface area contributed by atoms with Gasteiger partial charge in [-0.1, -0.05) is 6.42 Å². The number of benzene rings is 1. The van der Waals surface area contributed by atoms with Crippen LogP contribution in [0.15, 0.2) is 34.9 Å². The van der Waals surface area contributed by atoms with Crippen molar-refractivity contribution in [2.75, 3.05) is 12.4 Å². The van der Waals surface area contributed by atoms with Crippen molar-refractivity contribution in [3.05, 3.63) is 34.9 Å². The van der Waals surface area contributed by atoms with Crippen LogP contribution in [0.3, 0.4) is 0 Å². The van der Waals surface area contributed by atoms with E-state index in [-0.39, 0.29) is 16.7 Å². The van der Waals surface area contributed by atoms with E-state index in [1.807, 2.05) is 6.07 Å². The summed E-state index contributed by atoms with van der Waals surface area (Å²) in [6, 6.07) is 8.97. The van der Waals surface area contributed by atoms with Crippen molar-refractivity contribution >= 4 is 24.3 Å². The Balaban J connectivity index is 2.04. The second-order valence-electron chi connectivity index (χ2n) is 5.35. The first-order valence-electron chi connectivity index (χ1n) is 7.59. The van der Waals surface area contributed by atoms with Gasteiger partial charge in [0.1, 0.15) is 17.9 Å². The number of hydrogen-bond acceptors (Lipinski definition) is 6. The zero-order chi connectivity index (χ0) is 16.7. The number of nitrogens with zero attached hydrogens (tertiary/aromatic N) is 1. The molecule has 1 N–H and O–H groups in total. The van der Waals surface area contributed by atoms with Crippen molar-refractivity contribution in [2.45, 2.75) is 38.2 Å². The minimum absolute atomic E-state index is 0.0956. The van der Waals surface area contributed by atoms with Crippen LogP contribution in [0.1, 0.15) is 32.1 Å². The SMILES string of the molecule is COc1ccc(NC(S)=C(C#N)C(=O)OC2CCCCC2)cc1. The fourth-order valence-corrected chi connectivity index (χ4v) is 2.73. The molecule has 1 fully saturated rings. The number of carbonyl (C=O) groups is 1. The summed E-state index contributed by atoms with van der Waals surface area (Å²) in [5.41, 5.74) is 0.587. The van der Waals surface area contributed by atoms with Gasteiger partial charge in [-0.2, -0.15) is 5.26 Å². The summed E-state index contributed by atoms with van der Waals surface area (Å²) < 4.78 is 10.5. The Labute approximate surface area is 141 Å². The van der Waals surface area contributed by atoms with Crippen LogP contribution in [0.5, 0.6) is 5.75 Å². The number of ether oxygens (including phenoxy) is 2. The highest BCUT2D eigenvalue weighted by atomic mass is 32.1. The zero-order valence-electron chi connectivity index (χ0n) is 13.0. The summed E-state index contributed by atoms with van der Waals surface area (Å²) in [4.78, 5) is 12.2. The summed E-state index contributed by atoms with van der Waals surface area (Å²) in [7, 11) is 1.58. The summed E-state index contributed by atoms with van der Waals surface area (Å²) in [5.74, 6) is 0.0999. The molecule has 5 nitrogen and oxygen atoms in total. The highest BCUT2D eigenvalue weighted by Crippen LogP contribution is 2.23. The van der Waals surface area contributed by atoms with Gasteiger partial charge in [0.2, 0.25) is 0 Å². The van der Waals surface area contributed by atoms with Gasteiger partial charge in [0, 0.05) is 5.69 Å². The minimum atomic E-state index is -0.620. The Morgan fingerprint density at radius 1 is 1.26 bits per heavy atom. The van der Waals surface area contributed by atoms with Crippen molar-refractivity contribution in [1.82, 2.24) is 0 Å². The third-order valence-electron chi connectivity index (χ3n) is 3.73. The van der Waals surface area contributed by atoms with Crippen LogP contribution in [-0.2, 0) is 9.53 Å². The Morgan fingerprint density at radius 3 is 2.48 bits per heavy atom. The standard InChI is InChI=1S/C17H20N2O3S/c1-21-13-9-7-12(8-10-13)19-16(23)15(11-18)17(20)22-14-5-3-2-4-6-14/h7-10,14,19,23H,2-6H2,1H3. The lowest BCUT2D eigenvalue weighted by molar-refractivity contribution is -0.145. The molecule has 1 aliphatic carbocycles. The molecule has 2 rings (SSSR count). The van der Waals surface area contributed by atoms with Crippen LogP contribution >= 0.6 is 12.6 Å². The number of esters is 1. The normalized spacial score (nSPS) is 16.0. The molecule has 0 heterocycles. The van der Waals surface area contributed by atoms with Crippen molar-refractivity contribution in [1.29, 1.82) is 5.26 Å². The molecule has 1 aliphatic rings. The third-order valence-corrected chi connectivity index (χ3v) is 4.07. The largest absolute Gasteiger partial charge is 0.497 e. The molecule has 0 saturated heterocycles. The van der Waals surface area contributed by atoms with Crippen LogP contribution in [-0.4, -0.2) is 19.2 Å². The highest BCUT2D eigenvalue weighted by molar-refractivity contribution is 7.84. The zero-order valence-corrected chi connectivity index (χ0v) is 13.9. The van der Waals surface area contributed by atoms with E-state index in [0.29, 0.717) is 5.69 Å². The molecule has 1 aromatic rings. The van der Waals surface area contributed by atoms with E-state index in [0.717, 1.165) is 31.4 Å². The lowest BCUT2D eigenvalue weighted by Gasteiger charge is -2.21. The Kier molecular flexibility index (Phi) is 6.36. The summed E-state index contributed by atoms with van der Waals surface area (Å²) in [6.45, 7) is 0. The molecule has 6 heteroatoms. The molecular weight excluding hydrogens is 312 g/mol. The predicted molar refractivity (Wildman–Crippen MR) is 91.2 cm³/mol. The van der Waals surface area contributed by atoms with Gasteiger partial charge in [0.15, 0.2) is 5.57 Å². The first-order chi connectivity index (χ1) is 11.1. The Morgan fingerprint density at radius 2 is 1.91 bits per heavy atom. The van der Waals surface area contributed by atoms with Crippen molar-refractivity contribution in [3.8, 4) is 11.8 Å². The molecule has 0 unspecified atom stereocenters. The van der Waals surface area contributed by atoms with Gasteiger partial charge in [-0.3, -0.25) is 0 Å². The molecule has 23 heavy (non-hydrogen) atoms. The first kappa shape index (κ1) is 17.2. The van der Waals surface area contributed by atoms with Gasteiger partial charge in [0.05, 0.1) is 12.1 Å². The van der Waals surface area contributed by atoms with E-state index in [2.05, 4.69) is 17.9 Å². The summed E-state index contributed by atoms with van der Waals surface area (Å²) >= 11 is 4.24. The fraction of sp³-hybridized carbons (Fsp3) is 0.412. The fourth-order valence-electron chi connectivity index (χ4n) is 2.46. The lowest BCUT2D eigenvalue weighted by atomic mass is 9.98. The quantitative estimate of drug-likeness (QED) is 0.373. The summed E-state index contributed by atoms with van der Waals surface area (Å²) in [6.07, 6.45) is 4.91. The Hall–Kier alpha value is -2.13. The van der Waals surface area contributed by atoms with Crippen molar-refractivity contribution < 1.29 is 14.3 Å². The van der Waals surface area contributed by atoms with E-state index in [4.69, 9.17) is 9.47 Å². The van der Waals surface area contributed by atoms with Crippen LogP contribution in [0.4, 0.5) is 5.69 Å². The number of rotatable bonds is 5. The number of nitriles is 1. The molecule has 122 valence electrons. The molecule has 0 atom stereocenters. The van der Waals surface area contributed by atoms with Crippen molar-refractivity contribution in [2.24, 2.45) is 0 Å². The smallest absolute Gasteiger partial charge is 0.351 e. The first-order valence-corrected chi connectivity index (χ1v) is 8.04. The average molecular weight is 332 g/mol. The predicted octanol–water partition coefficient (Wildman–Crippen LogP) is 3.65. The molecule has 1 saturated carbocycles. The van der Waals surface area contributed by atoms with Gasteiger partial charge in [0.25, 0.3) is 0 Å². The number of methoxy groups -OCH3 is 1. The number of nitrogens with one attached hydrogen (secondary N) is 1. The third kappa shape index (κ3) is 4.93. The van der Waals surface area contributed by atoms with Crippen LogP contribution in [0.25, 0.3) is 0 Å². The molecule has 0 aliphatic heterocycles. The van der Waals surface area contributed by atoms with E-state index >= 15 is 0 Å². The Bertz CT molecular complexity index is 614. The van der Waals surface area contributed by atoms with E-state index in [9.17, 15) is 10.1 Å². The van der Waals surface area contributed by atoms with Gasteiger partial charge in [-0.15, -0.1) is 12.6 Å². The molecule has 0 aromatic heterocycles. The maximum absolute atomic E-state index is 12.2. The van der Waals surface area contributed by atoms with E-state index in [1.165, 1.54) is 6.42 Å². The number of carbonyl (C=O) groups excluding carboxylic acids is 1. The second-order valence-corrected chi connectivity index (χ2v) is 5.80. The highest BCUT2D eigenvalue weighted by Gasteiger charge is 2.22. The maximum atomic E-state index is 12.2. The van der Waals surface area contributed by atoms with E-state index in [1.54, 1.807) is 31.4 Å². The average Bonchev–Trinajstić information content (AvgIpc) is 2.57. The topological polar surface area (TPSA) is 71.3 Å². The maximum Gasteiger partial charge on any atom is 0.351 e. The number of anilines is 1. The van der Waals surface area contributed by atoms with Crippen molar-refractivity contribution in [3.63, 3.8) is 0 Å². The number of thiol groups is 1. The molecule has 0 radical (unpaired) electrons. The van der Waals surface area contributed by atoms with Gasteiger partial charge < -0.3 is 14.8 Å². The molecule has 1 aromatic carbocycles.